The van der Waals surface area contributed by atoms with Crippen LogP contribution in [0.3, 0.4) is 0 Å². The van der Waals surface area contributed by atoms with Gasteiger partial charge in [0.05, 0.1) is 12.6 Å². The smallest absolute Gasteiger partial charge is 0.251 e. The number of nitrogens with one attached hydrogen (secondary N) is 1. The third kappa shape index (κ3) is 4.33. The van der Waals surface area contributed by atoms with E-state index in [1.807, 2.05) is 48.5 Å². The van der Waals surface area contributed by atoms with Gasteiger partial charge in [-0.2, -0.15) is 0 Å². The summed E-state index contributed by atoms with van der Waals surface area (Å²) in [5, 5.41) is 12.4. The third-order valence-corrected chi connectivity index (χ3v) is 3.98. The molecule has 2 aromatic rings. The second-order valence-corrected chi connectivity index (χ2v) is 5.49. The molecule has 0 aliphatic carbocycles. The second kappa shape index (κ2) is 8.34. The van der Waals surface area contributed by atoms with Crippen molar-refractivity contribution in [1.29, 1.82) is 0 Å². The minimum absolute atomic E-state index is 0.0426. The van der Waals surface area contributed by atoms with Crippen LogP contribution in [-0.4, -0.2) is 30.7 Å². The highest BCUT2D eigenvalue weighted by molar-refractivity contribution is 5.94. The molecule has 0 saturated carbocycles. The Morgan fingerprint density at radius 2 is 1.91 bits per heavy atom. The molecule has 0 bridgehead atoms. The van der Waals surface area contributed by atoms with Crippen molar-refractivity contribution in [3.63, 3.8) is 0 Å². The molecule has 2 N–H and O–H groups in total. The van der Waals surface area contributed by atoms with E-state index < -0.39 is 0 Å². The van der Waals surface area contributed by atoms with Crippen LogP contribution in [-0.2, 0) is 6.54 Å². The highest BCUT2D eigenvalue weighted by atomic mass is 16.3. The van der Waals surface area contributed by atoms with Crippen molar-refractivity contribution in [2.75, 3.05) is 18.6 Å². The summed E-state index contributed by atoms with van der Waals surface area (Å²) in [5.41, 5.74) is 2.76. The number of aliphatic hydroxyl groups is 1. The molecule has 23 heavy (non-hydrogen) atoms. The maximum atomic E-state index is 11.8. The standard InChI is InChI=1S/C19H24N2O2/c1-3-17(14-22)21(18-10-5-4-6-11-18)13-15-8-7-9-16(12-15)19(23)20-2/h4-12,17,22H,3,13-14H2,1-2H3,(H,20,23). The van der Waals surface area contributed by atoms with Crippen LogP contribution in [0.1, 0.15) is 29.3 Å². The van der Waals surface area contributed by atoms with Gasteiger partial charge in [-0.25, -0.2) is 0 Å². The Hall–Kier alpha value is -2.33. The third-order valence-electron chi connectivity index (χ3n) is 3.98. The van der Waals surface area contributed by atoms with Gasteiger partial charge in [0.15, 0.2) is 0 Å². The molecule has 2 rings (SSSR count). The molecule has 4 nitrogen and oxygen atoms in total. The highest BCUT2D eigenvalue weighted by Crippen LogP contribution is 2.21. The number of carbonyl (C=O) groups is 1. The molecule has 0 aromatic heterocycles. The number of benzene rings is 2. The van der Waals surface area contributed by atoms with E-state index >= 15 is 0 Å². The highest BCUT2D eigenvalue weighted by Gasteiger charge is 2.17. The molecule has 122 valence electrons. The van der Waals surface area contributed by atoms with Gasteiger partial charge in [0.2, 0.25) is 0 Å². The molecule has 1 amide bonds. The monoisotopic (exact) mass is 312 g/mol. The molecule has 0 heterocycles. The Bertz CT molecular complexity index is 624. The Kier molecular flexibility index (Phi) is 6.18. The van der Waals surface area contributed by atoms with Gasteiger partial charge >= 0.3 is 0 Å². The maximum absolute atomic E-state index is 11.8. The van der Waals surface area contributed by atoms with E-state index in [-0.39, 0.29) is 18.6 Å². The topological polar surface area (TPSA) is 52.6 Å². The predicted molar refractivity (Wildman–Crippen MR) is 93.6 cm³/mol. The van der Waals surface area contributed by atoms with E-state index in [4.69, 9.17) is 0 Å². The Labute approximate surface area is 137 Å². The molecular formula is C19H24N2O2. The lowest BCUT2D eigenvalue weighted by molar-refractivity contribution is 0.0963. The summed E-state index contributed by atoms with van der Waals surface area (Å²) >= 11 is 0. The van der Waals surface area contributed by atoms with E-state index in [9.17, 15) is 9.90 Å². The van der Waals surface area contributed by atoms with E-state index in [0.29, 0.717) is 12.1 Å². The SMILES string of the molecule is CCC(CO)N(Cc1cccc(C(=O)NC)c1)c1ccccc1. The van der Waals surface area contributed by atoms with Crippen molar-refractivity contribution in [3.05, 3.63) is 65.7 Å². The van der Waals surface area contributed by atoms with Gasteiger partial charge < -0.3 is 15.3 Å². The van der Waals surface area contributed by atoms with Gasteiger partial charge in [-0.15, -0.1) is 0 Å². The van der Waals surface area contributed by atoms with Crippen molar-refractivity contribution >= 4 is 11.6 Å². The second-order valence-electron chi connectivity index (χ2n) is 5.49. The molecule has 1 unspecified atom stereocenters. The fourth-order valence-corrected chi connectivity index (χ4v) is 2.65. The van der Waals surface area contributed by atoms with Crippen LogP contribution in [0.15, 0.2) is 54.6 Å². The molecule has 2 aromatic carbocycles. The number of carbonyl (C=O) groups excluding carboxylic acids is 1. The van der Waals surface area contributed by atoms with Gasteiger partial charge in [-0.1, -0.05) is 37.3 Å². The van der Waals surface area contributed by atoms with Crippen molar-refractivity contribution in [2.45, 2.75) is 25.9 Å². The Balaban J connectivity index is 2.29. The van der Waals surface area contributed by atoms with Gasteiger partial charge in [0.1, 0.15) is 0 Å². The van der Waals surface area contributed by atoms with E-state index in [1.54, 1.807) is 13.1 Å². The quantitative estimate of drug-likeness (QED) is 0.826. The van der Waals surface area contributed by atoms with Crippen LogP contribution < -0.4 is 10.2 Å². The molecule has 0 saturated heterocycles. The number of para-hydroxylation sites is 1. The Morgan fingerprint density at radius 3 is 2.52 bits per heavy atom. The molecule has 0 fully saturated rings. The van der Waals surface area contributed by atoms with Crippen LogP contribution in [0, 0.1) is 0 Å². The van der Waals surface area contributed by atoms with Crippen LogP contribution in [0.4, 0.5) is 5.69 Å². The summed E-state index contributed by atoms with van der Waals surface area (Å²) in [4.78, 5) is 14.0. The fraction of sp³-hybridized carbons (Fsp3) is 0.316. The Morgan fingerprint density at radius 1 is 1.17 bits per heavy atom. The summed E-state index contributed by atoms with van der Waals surface area (Å²) in [5.74, 6) is -0.0905. The minimum Gasteiger partial charge on any atom is -0.394 e. The van der Waals surface area contributed by atoms with Crippen LogP contribution >= 0.6 is 0 Å². The van der Waals surface area contributed by atoms with Gasteiger partial charge in [-0.3, -0.25) is 4.79 Å². The maximum Gasteiger partial charge on any atom is 0.251 e. The summed E-state index contributed by atoms with van der Waals surface area (Å²) in [6, 6.07) is 17.7. The molecule has 1 atom stereocenters. The molecule has 0 aliphatic rings. The van der Waals surface area contributed by atoms with Crippen LogP contribution in [0.25, 0.3) is 0 Å². The molecule has 0 radical (unpaired) electrons. The zero-order chi connectivity index (χ0) is 16.7. The molecule has 0 spiro atoms. The van der Waals surface area contributed by atoms with Crippen LogP contribution in [0.5, 0.6) is 0 Å². The average Bonchev–Trinajstić information content (AvgIpc) is 2.62. The summed E-state index contributed by atoms with van der Waals surface area (Å²) in [6.45, 7) is 2.81. The normalized spacial score (nSPS) is 11.8. The molecule has 0 aliphatic heterocycles. The van der Waals surface area contributed by atoms with E-state index in [1.165, 1.54) is 0 Å². The van der Waals surface area contributed by atoms with Crippen molar-refractivity contribution in [3.8, 4) is 0 Å². The lowest BCUT2D eigenvalue weighted by Crippen LogP contribution is -2.37. The first-order valence-electron chi connectivity index (χ1n) is 7.93. The number of amides is 1. The van der Waals surface area contributed by atoms with Crippen molar-refractivity contribution in [2.24, 2.45) is 0 Å². The lowest BCUT2D eigenvalue weighted by Gasteiger charge is -2.32. The first-order chi connectivity index (χ1) is 11.2. The fourth-order valence-electron chi connectivity index (χ4n) is 2.65. The summed E-state index contributed by atoms with van der Waals surface area (Å²) < 4.78 is 0. The predicted octanol–water partition coefficient (Wildman–Crippen LogP) is 2.82. The van der Waals surface area contributed by atoms with Crippen molar-refractivity contribution < 1.29 is 9.90 Å². The number of hydrogen-bond acceptors (Lipinski definition) is 3. The largest absolute Gasteiger partial charge is 0.394 e. The number of aliphatic hydroxyl groups excluding tert-OH is 1. The first-order valence-corrected chi connectivity index (χ1v) is 7.93. The van der Waals surface area contributed by atoms with Crippen molar-refractivity contribution in [1.82, 2.24) is 5.32 Å². The lowest BCUT2D eigenvalue weighted by atomic mass is 10.1. The average molecular weight is 312 g/mol. The molecular weight excluding hydrogens is 288 g/mol. The summed E-state index contributed by atoms with van der Waals surface area (Å²) in [6.07, 6.45) is 0.848. The minimum atomic E-state index is -0.0905. The number of hydrogen-bond donors (Lipinski definition) is 2. The zero-order valence-corrected chi connectivity index (χ0v) is 13.7. The first kappa shape index (κ1) is 17.0. The molecule has 4 heteroatoms. The van der Waals surface area contributed by atoms with E-state index in [2.05, 4.69) is 17.1 Å². The number of rotatable bonds is 7. The van der Waals surface area contributed by atoms with Gasteiger partial charge in [-0.05, 0) is 36.2 Å². The van der Waals surface area contributed by atoms with Crippen LogP contribution in [0.2, 0.25) is 0 Å². The number of anilines is 1. The van der Waals surface area contributed by atoms with E-state index in [0.717, 1.165) is 17.7 Å². The number of nitrogens with zero attached hydrogens (tertiary/aromatic N) is 1. The van der Waals surface area contributed by atoms with Gasteiger partial charge in [0.25, 0.3) is 5.91 Å². The van der Waals surface area contributed by atoms with Gasteiger partial charge in [0, 0.05) is 24.8 Å². The zero-order valence-electron chi connectivity index (χ0n) is 13.7. The summed E-state index contributed by atoms with van der Waals surface area (Å²) in [7, 11) is 1.63.